The number of ether oxygens (including phenoxy) is 1. The van der Waals surface area contributed by atoms with Gasteiger partial charge < -0.3 is 10.1 Å². The third-order valence-electron chi connectivity index (χ3n) is 4.51. The Bertz CT molecular complexity index is 819. The van der Waals surface area contributed by atoms with Crippen LogP contribution < -0.4 is 5.32 Å². The van der Waals surface area contributed by atoms with Gasteiger partial charge in [0.25, 0.3) is 0 Å². The highest BCUT2D eigenvalue weighted by Gasteiger charge is 2.30. The molecule has 0 aromatic heterocycles. The Morgan fingerprint density at radius 2 is 1.61 bits per heavy atom. The topological polar surface area (TPSA) is 81.5 Å². The molecule has 0 bridgehead atoms. The van der Waals surface area contributed by atoms with Crippen LogP contribution in [0.1, 0.15) is 43.9 Å². The molecule has 0 saturated heterocycles. The Morgan fingerprint density at radius 1 is 1.07 bits per heavy atom. The fourth-order valence-corrected chi connectivity index (χ4v) is 3.19. The molecule has 0 fully saturated rings. The molecule has 0 spiro atoms. The molecule has 0 radical (unpaired) electrons. The van der Waals surface area contributed by atoms with Gasteiger partial charge in [-0.05, 0) is 31.9 Å². The third kappa shape index (κ3) is 5.67. The first-order valence-electron chi connectivity index (χ1n) is 9.30. The van der Waals surface area contributed by atoms with Crippen molar-refractivity contribution in [2.24, 2.45) is 0 Å². The first kappa shape index (κ1) is 21.2. The van der Waals surface area contributed by atoms with Crippen LogP contribution in [0.25, 0.3) is 0 Å². The Hall–Kier alpha value is -3.15. The third-order valence-corrected chi connectivity index (χ3v) is 4.51. The maximum absolute atomic E-state index is 12.8. The van der Waals surface area contributed by atoms with E-state index in [1.54, 1.807) is 38.1 Å². The number of allylic oxidation sites excluding steroid dienone is 1. The molecule has 0 amide bonds. The molecular formula is C22H26N2O4. The van der Waals surface area contributed by atoms with Crippen molar-refractivity contribution in [2.45, 2.75) is 32.7 Å². The van der Waals surface area contributed by atoms with Crippen LogP contribution in [0.5, 0.6) is 0 Å². The zero-order valence-corrected chi connectivity index (χ0v) is 16.4. The number of nitrogens with zero attached hydrogens (tertiary/aromatic N) is 1. The van der Waals surface area contributed by atoms with Crippen molar-refractivity contribution in [3.05, 3.63) is 93.2 Å². The van der Waals surface area contributed by atoms with Gasteiger partial charge in [0.1, 0.15) is 0 Å². The van der Waals surface area contributed by atoms with Crippen LogP contribution in [0, 0.1) is 10.1 Å². The monoisotopic (exact) mass is 382 g/mol. The fraction of sp³-hybridized carbons (Fsp3) is 0.318. The lowest BCUT2D eigenvalue weighted by Gasteiger charge is -2.23. The van der Waals surface area contributed by atoms with Gasteiger partial charge in [0, 0.05) is 16.7 Å². The second-order valence-electron chi connectivity index (χ2n) is 6.51. The molecule has 0 aliphatic rings. The average molecular weight is 382 g/mol. The fourth-order valence-electron chi connectivity index (χ4n) is 3.19. The van der Waals surface area contributed by atoms with E-state index in [2.05, 4.69) is 5.32 Å². The van der Waals surface area contributed by atoms with Gasteiger partial charge in [0.05, 0.1) is 18.1 Å². The van der Waals surface area contributed by atoms with Gasteiger partial charge in [-0.15, -0.1) is 0 Å². The number of esters is 1. The molecule has 148 valence electrons. The Balaban J connectivity index is 2.46. The molecule has 0 aliphatic heterocycles. The van der Waals surface area contributed by atoms with Gasteiger partial charge in [-0.1, -0.05) is 60.7 Å². The van der Waals surface area contributed by atoms with Gasteiger partial charge >= 0.3 is 5.97 Å². The predicted octanol–water partition coefficient (Wildman–Crippen LogP) is 4.23. The number of hydrogen-bond donors (Lipinski definition) is 1. The van der Waals surface area contributed by atoms with E-state index in [-0.39, 0.29) is 18.2 Å². The highest BCUT2D eigenvalue weighted by atomic mass is 16.6. The predicted molar refractivity (Wildman–Crippen MR) is 108 cm³/mol. The van der Waals surface area contributed by atoms with Crippen LogP contribution in [0.3, 0.4) is 0 Å². The Morgan fingerprint density at radius 3 is 2.11 bits per heavy atom. The van der Waals surface area contributed by atoms with E-state index in [1.165, 1.54) is 0 Å². The summed E-state index contributed by atoms with van der Waals surface area (Å²) < 4.78 is 5.24. The number of hydrogen-bond acceptors (Lipinski definition) is 5. The Kier molecular flexibility index (Phi) is 7.75. The molecule has 0 aliphatic carbocycles. The van der Waals surface area contributed by atoms with Crippen molar-refractivity contribution in [1.29, 1.82) is 0 Å². The summed E-state index contributed by atoms with van der Waals surface area (Å²) in [7, 11) is 0. The van der Waals surface area contributed by atoms with Crippen LogP contribution in [-0.2, 0) is 9.53 Å². The summed E-state index contributed by atoms with van der Waals surface area (Å²) in [6, 6.07) is 18.8. The lowest BCUT2D eigenvalue weighted by atomic mass is 9.89. The van der Waals surface area contributed by atoms with Crippen LogP contribution in [0.2, 0.25) is 0 Å². The number of carbonyl (C=O) groups excluding carboxylic acids is 1. The summed E-state index contributed by atoms with van der Waals surface area (Å²) in [6.07, 6.45) is 0. The molecule has 0 heterocycles. The molecule has 2 aromatic carbocycles. The second kappa shape index (κ2) is 10.3. The van der Waals surface area contributed by atoms with E-state index < -0.39 is 23.4 Å². The van der Waals surface area contributed by atoms with Crippen molar-refractivity contribution < 1.29 is 14.5 Å². The van der Waals surface area contributed by atoms with E-state index >= 15 is 0 Å². The smallest absolute Gasteiger partial charge is 0.336 e. The minimum Gasteiger partial charge on any atom is -0.463 e. The summed E-state index contributed by atoms with van der Waals surface area (Å²) in [5, 5.41) is 14.7. The number of rotatable bonds is 9. The summed E-state index contributed by atoms with van der Waals surface area (Å²) >= 11 is 0. The molecule has 0 saturated carbocycles. The molecule has 6 heteroatoms. The van der Waals surface area contributed by atoms with E-state index in [0.29, 0.717) is 11.3 Å². The van der Waals surface area contributed by atoms with Crippen molar-refractivity contribution in [2.75, 3.05) is 13.2 Å². The van der Waals surface area contributed by atoms with Crippen molar-refractivity contribution in [1.82, 2.24) is 5.32 Å². The quantitative estimate of drug-likeness (QED) is 0.304. The molecule has 2 aromatic rings. The second-order valence-corrected chi connectivity index (χ2v) is 6.51. The first-order valence-corrected chi connectivity index (χ1v) is 9.30. The standard InChI is InChI=1S/C22H26N2O4/c1-4-28-22(25)21(17(3)23-16(2)18-11-7-5-8-12-18)20(15-24(26)27)19-13-9-6-10-14-19/h5-14,16,20,23H,4,15H2,1-3H3/b21-17-/t16-,20-/m1/s1. The van der Waals surface area contributed by atoms with Gasteiger partial charge in [0.2, 0.25) is 6.54 Å². The van der Waals surface area contributed by atoms with E-state index in [9.17, 15) is 14.9 Å². The highest BCUT2D eigenvalue weighted by Crippen LogP contribution is 2.29. The van der Waals surface area contributed by atoms with Crippen LogP contribution >= 0.6 is 0 Å². The summed E-state index contributed by atoms with van der Waals surface area (Å²) in [6.45, 7) is 5.27. The minimum atomic E-state index is -0.703. The summed E-state index contributed by atoms with van der Waals surface area (Å²) in [4.78, 5) is 23.7. The number of nitrogens with one attached hydrogen (secondary N) is 1. The molecule has 1 N–H and O–H groups in total. The largest absolute Gasteiger partial charge is 0.463 e. The Labute approximate surface area is 165 Å². The van der Waals surface area contributed by atoms with Crippen LogP contribution in [0.15, 0.2) is 71.9 Å². The molecule has 0 unspecified atom stereocenters. The average Bonchev–Trinajstić information content (AvgIpc) is 2.68. The normalized spacial score (nSPS) is 13.8. The summed E-state index contributed by atoms with van der Waals surface area (Å²) in [5.41, 5.74) is 2.62. The van der Waals surface area contributed by atoms with Crippen LogP contribution in [0.4, 0.5) is 0 Å². The molecule has 2 atom stereocenters. The van der Waals surface area contributed by atoms with Crippen molar-refractivity contribution in [3.8, 4) is 0 Å². The number of benzene rings is 2. The zero-order chi connectivity index (χ0) is 20.5. The van der Waals surface area contributed by atoms with E-state index in [4.69, 9.17) is 4.74 Å². The lowest BCUT2D eigenvalue weighted by molar-refractivity contribution is -0.481. The van der Waals surface area contributed by atoms with Gasteiger partial charge in [0.15, 0.2) is 0 Å². The number of carbonyl (C=O) groups is 1. The van der Waals surface area contributed by atoms with E-state index in [0.717, 1.165) is 5.56 Å². The molecular weight excluding hydrogens is 356 g/mol. The zero-order valence-electron chi connectivity index (χ0n) is 16.4. The van der Waals surface area contributed by atoms with E-state index in [1.807, 2.05) is 43.3 Å². The highest BCUT2D eigenvalue weighted by molar-refractivity contribution is 5.91. The SMILES string of the molecule is CCOC(=O)/C(=C(/C)N[C@H](C)c1ccccc1)[C@H](C[N+](=O)[O-])c1ccccc1. The van der Waals surface area contributed by atoms with Gasteiger partial charge in [-0.25, -0.2) is 4.79 Å². The molecule has 6 nitrogen and oxygen atoms in total. The van der Waals surface area contributed by atoms with Gasteiger partial charge in [-0.3, -0.25) is 10.1 Å². The van der Waals surface area contributed by atoms with Crippen molar-refractivity contribution >= 4 is 5.97 Å². The van der Waals surface area contributed by atoms with Crippen molar-refractivity contribution in [3.63, 3.8) is 0 Å². The molecule has 2 rings (SSSR count). The maximum Gasteiger partial charge on any atom is 0.336 e. The number of nitro groups is 1. The summed E-state index contributed by atoms with van der Waals surface area (Å²) in [5.74, 6) is -1.24. The lowest BCUT2D eigenvalue weighted by Crippen LogP contribution is -2.27. The maximum atomic E-state index is 12.8. The first-order chi connectivity index (χ1) is 13.4. The molecule has 28 heavy (non-hydrogen) atoms. The van der Waals surface area contributed by atoms with Gasteiger partial charge in [-0.2, -0.15) is 0 Å². The van der Waals surface area contributed by atoms with Crippen LogP contribution in [-0.4, -0.2) is 24.0 Å². The minimum absolute atomic E-state index is 0.0716.